The maximum atomic E-state index is 14.5. The molecule has 3 aromatic rings. The van der Waals surface area contributed by atoms with Crippen molar-refractivity contribution in [2.24, 2.45) is 0 Å². The Kier molecular flexibility index (Phi) is 4.61. The molecule has 0 spiro atoms. The lowest BCUT2D eigenvalue weighted by molar-refractivity contribution is -0.118. The van der Waals surface area contributed by atoms with Crippen molar-refractivity contribution in [2.45, 2.75) is 18.6 Å². The fraction of sp³-hybridized carbons (Fsp3) is 0.238. The number of anilines is 1. The number of β-amino-alcohol motifs (C(OH)–C–C–N with tert-alkyl or cyclic N) is 1. The summed E-state index contributed by atoms with van der Waals surface area (Å²) in [5.74, 6) is 0.439. The van der Waals surface area contributed by atoms with Crippen LogP contribution in [0.25, 0.3) is 23.1 Å². The van der Waals surface area contributed by atoms with Crippen LogP contribution in [0.2, 0.25) is 0 Å². The molecule has 3 heterocycles. The number of aromatic amines is 1. The van der Waals surface area contributed by atoms with Crippen LogP contribution in [0.4, 0.5) is 10.1 Å². The van der Waals surface area contributed by atoms with Crippen molar-refractivity contribution < 1.29 is 23.8 Å². The van der Waals surface area contributed by atoms with Gasteiger partial charge in [-0.15, -0.1) is 0 Å². The molecule has 30 heavy (non-hydrogen) atoms. The molecule has 2 aliphatic rings. The molecule has 1 aromatic heterocycles. The lowest BCUT2D eigenvalue weighted by atomic mass is 10.1. The number of benzene rings is 2. The van der Waals surface area contributed by atoms with E-state index >= 15 is 0 Å². The molecule has 5 rings (SSSR count). The van der Waals surface area contributed by atoms with Crippen molar-refractivity contribution >= 4 is 34.6 Å². The first-order chi connectivity index (χ1) is 14.6. The fourth-order valence-electron chi connectivity index (χ4n) is 3.61. The predicted molar refractivity (Wildman–Crippen MR) is 109 cm³/mol. The number of carbonyl (C=O) groups is 1. The molecule has 0 saturated carbocycles. The molecule has 0 bridgehead atoms. The third-order valence-electron chi connectivity index (χ3n) is 5.19. The summed E-state index contributed by atoms with van der Waals surface area (Å²) in [4.78, 5) is 12.4. The zero-order valence-corrected chi connectivity index (χ0v) is 15.8. The Balaban J connectivity index is 1.40. The van der Waals surface area contributed by atoms with Crippen molar-refractivity contribution in [2.75, 3.05) is 18.7 Å². The third kappa shape index (κ3) is 3.49. The molecule has 4 N–H and O–H groups in total. The number of amides is 1. The summed E-state index contributed by atoms with van der Waals surface area (Å²) in [6, 6.07) is 7.89. The highest BCUT2D eigenvalue weighted by atomic mass is 19.1. The molecule has 2 atom stereocenters. The Labute approximate surface area is 170 Å². The van der Waals surface area contributed by atoms with E-state index in [4.69, 9.17) is 9.47 Å². The monoisotopic (exact) mass is 410 g/mol. The highest BCUT2D eigenvalue weighted by Crippen LogP contribution is 2.33. The summed E-state index contributed by atoms with van der Waals surface area (Å²) < 4.78 is 25.1. The van der Waals surface area contributed by atoms with Crippen LogP contribution in [0, 0.1) is 5.82 Å². The summed E-state index contributed by atoms with van der Waals surface area (Å²) in [6.45, 7) is 0.554. The lowest BCUT2D eigenvalue weighted by Crippen LogP contribution is -2.35. The quantitative estimate of drug-likeness (QED) is 0.526. The number of hydrogen-bond donors (Lipinski definition) is 4. The molecular formula is C21H19FN4O4. The average molecular weight is 410 g/mol. The SMILES string of the molecule is O=C(Nc1cc2c(/C=C/c3ccc4c(c3)OCO4)n[nH]c2cc1F)[C@@H]1C[C@@H](O)CN1. The van der Waals surface area contributed by atoms with Gasteiger partial charge in [0.15, 0.2) is 11.5 Å². The summed E-state index contributed by atoms with van der Waals surface area (Å²) in [6.07, 6.45) is 3.39. The van der Waals surface area contributed by atoms with Gasteiger partial charge in [-0.05, 0) is 36.3 Å². The van der Waals surface area contributed by atoms with Crippen molar-refractivity contribution in [1.29, 1.82) is 0 Å². The number of fused-ring (bicyclic) bond motifs is 2. The summed E-state index contributed by atoms with van der Waals surface area (Å²) >= 11 is 0. The standard InChI is InChI=1S/C21H19FN4O4/c22-14-8-16-13(7-17(14)24-21(28)18-6-12(27)9-23-18)15(25-26-16)3-1-11-2-4-19-20(5-11)30-10-29-19/h1-5,7-8,12,18,23,27H,6,9-10H2,(H,24,28)(H,25,26)/b3-1+/t12-,18+/m1/s1. The first kappa shape index (κ1) is 18.6. The van der Waals surface area contributed by atoms with E-state index in [-0.39, 0.29) is 18.4 Å². The van der Waals surface area contributed by atoms with E-state index in [1.165, 1.54) is 6.07 Å². The van der Waals surface area contributed by atoms with E-state index < -0.39 is 18.0 Å². The summed E-state index contributed by atoms with van der Waals surface area (Å²) in [7, 11) is 0. The van der Waals surface area contributed by atoms with E-state index in [9.17, 15) is 14.3 Å². The average Bonchev–Trinajstić information content (AvgIpc) is 3.46. The molecule has 1 saturated heterocycles. The number of carbonyl (C=O) groups excluding carboxylic acids is 1. The second kappa shape index (κ2) is 7.43. The maximum Gasteiger partial charge on any atom is 0.241 e. The number of ether oxygens (including phenoxy) is 2. The first-order valence-electron chi connectivity index (χ1n) is 9.54. The Morgan fingerprint density at radius 1 is 1.23 bits per heavy atom. The number of nitrogens with zero attached hydrogens (tertiary/aromatic N) is 1. The zero-order valence-electron chi connectivity index (χ0n) is 15.8. The number of hydrogen-bond acceptors (Lipinski definition) is 6. The molecule has 2 aliphatic heterocycles. The molecule has 8 nitrogen and oxygen atoms in total. The lowest BCUT2D eigenvalue weighted by Gasteiger charge is -2.12. The third-order valence-corrected chi connectivity index (χ3v) is 5.19. The Bertz CT molecular complexity index is 1160. The van der Waals surface area contributed by atoms with Gasteiger partial charge in [0.2, 0.25) is 12.7 Å². The van der Waals surface area contributed by atoms with E-state index in [0.717, 1.165) is 5.56 Å². The van der Waals surface area contributed by atoms with Crippen LogP contribution in [0.5, 0.6) is 11.5 Å². The van der Waals surface area contributed by atoms with E-state index in [1.807, 2.05) is 24.3 Å². The van der Waals surface area contributed by atoms with Gasteiger partial charge in [0.1, 0.15) is 5.82 Å². The van der Waals surface area contributed by atoms with Crippen molar-refractivity contribution in [3.8, 4) is 11.5 Å². The van der Waals surface area contributed by atoms with Crippen LogP contribution in [0.1, 0.15) is 17.7 Å². The molecule has 0 aliphatic carbocycles. The van der Waals surface area contributed by atoms with Crippen molar-refractivity contribution in [1.82, 2.24) is 15.5 Å². The van der Waals surface area contributed by atoms with Gasteiger partial charge in [-0.1, -0.05) is 12.1 Å². The minimum atomic E-state index is -0.574. The molecule has 0 radical (unpaired) electrons. The second-order valence-corrected chi connectivity index (χ2v) is 7.27. The Morgan fingerprint density at radius 2 is 2.10 bits per heavy atom. The van der Waals surface area contributed by atoms with E-state index in [0.29, 0.717) is 41.1 Å². The van der Waals surface area contributed by atoms with Crippen LogP contribution in [-0.4, -0.2) is 46.7 Å². The van der Waals surface area contributed by atoms with Gasteiger partial charge in [0.25, 0.3) is 0 Å². The number of aliphatic hydroxyl groups excluding tert-OH is 1. The van der Waals surface area contributed by atoms with E-state index in [2.05, 4.69) is 20.8 Å². The van der Waals surface area contributed by atoms with Gasteiger partial charge in [0, 0.05) is 18.0 Å². The zero-order chi connectivity index (χ0) is 20.7. The summed E-state index contributed by atoms with van der Waals surface area (Å²) in [5.41, 5.74) is 2.09. The van der Waals surface area contributed by atoms with Gasteiger partial charge < -0.3 is 25.2 Å². The second-order valence-electron chi connectivity index (χ2n) is 7.27. The van der Waals surface area contributed by atoms with Crippen LogP contribution in [0.15, 0.2) is 30.3 Å². The molecule has 1 amide bonds. The highest BCUT2D eigenvalue weighted by molar-refractivity contribution is 5.98. The van der Waals surface area contributed by atoms with E-state index in [1.54, 1.807) is 12.1 Å². The number of H-pyrrole nitrogens is 1. The normalized spacial score (nSPS) is 20.3. The molecule has 154 valence electrons. The fourth-order valence-corrected chi connectivity index (χ4v) is 3.61. The number of halogens is 1. The van der Waals surface area contributed by atoms with Gasteiger partial charge in [0.05, 0.1) is 29.0 Å². The van der Waals surface area contributed by atoms with Gasteiger partial charge in [-0.3, -0.25) is 9.89 Å². The molecule has 2 aromatic carbocycles. The van der Waals surface area contributed by atoms with Gasteiger partial charge in [-0.25, -0.2) is 4.39 Å². The largest absolute Gasteiger partial charge is 0.454 e. The van der Waals surface area contributed by atoms with Crippen LogP contribution in [0.3, 0.4) is 0 Å². The number of aromatic nitrogens is 2. The first-order valence-corrected chi connectivity index (χ1v) is 9.54. The van der Waals surface area contributed by atoms with Gasteiger partial charge >= 0.3 is 0 Å². The highest BCUT2D eigenvalue weighted by Gasteiger charge is 2.28. The van der Waals surface area contributed by atoms with Crippen LogP contribution >= 0.6 is 0 Å². The summed E-state index contributed by atoms with van der Waals surface area (Å²) in [5, 5.41) is 22.8. The Hall–Kier alpha value is -3.43. The topological polar surface area (TPSA) is 109 Å². The molecule has 0 unspecified atom stereocenters. The smallest absolute Gasteiger partial charge is 0.241 e. The number of aliphatic hydroxyl groups is 1. The molecular weight excluding hydrogens is 391 g/mol. The minimum absolute atomic E-state index is 0.0646. The number of rotatable bonds is 4. The van der Waals surface area contributed by atoms with Crippen molar-refractivity contribution in [3.63, 3.8) is 0 Å². The van der Waals surface area contributed by atoms with Gasteiger partial charge in [-0.2, -0.15) is 5.10 Å². The molecule has 1 fully saturated rings. The number of nitrogens with one attached hydrogen (secondary N) is 3. The van der Waals surface area contributed by atoms with Crippen LogP contribution < -0.4 is 20.1 Å². The maximum absolute atomic E-state index is 14.5. The molecule has 9 heteroatoms. The Morgan fingerprint density at radius 3 is 2.93 bits per heavy atom. The minimum Gasteiger partial charge on any atom is -0.454 e. The predicted octanol–water partition coefficient (Wildman–Crippen LogP) is 2.26. The van der Waals surface area contributed by atoms with Crippen molar-refractivity contribution in [3.05, 3.63) is 47.4 Å². The van der Waals surface area contributed by atoms with Crippen LogP contribution in [-0.2, 0) is 4.79 Å².